The lowest BCUT2D eigenvalue weighted by atomic mass is 9.81. The smallest absolute Gasteiger partial charge is 0.326 e. The van der Waals surface area contributed by atoms with Gasteiger partial charge in [-0.2, -0.15) is 4.31 Å². The van der Waals surface area contributed by atoms with E-state index in [1.54, 1.807) is 0 Å². The number of sulfonamides is 1. The Morgan fingerprint density at radius 2 is 1.71 bits per heavy atom. The van der Waals surface area contributed by atoms with Crippen molar-refractivity contribution in [3.05, 3.63) is 23.2 Å². The molecule has 1 aliphatic carbocycles. The molecule has 11 nitrogen and oxygen atoms in total. The Hall–Kier alpha value is -2.54. The Bertz CT molecular complexity index is 1110. The third-order valence-electron chi connectivity index (χ3n) is 6.40. The Morgan fingerprint density at radius 1 is 1.09 bits per heavy atom. The van der Waals surface area contributed by atoms with E-state index in [9.17, 15) is 27.6 Å². The maximum Gasteiger partial charge on any atom is 0.326 e. The zero-order chi connectivity index (χ0) is 25.2. The molecule has 13 heteroatoms. The van der Waals surface area contributed by atoms with Gasteiger partial charge in [0.25, 0.3) is 5.91 Å². The zero-order valence-corrected chi connectivity index (χ0v) is 20.5. The molecule has 3 amide bonds. The monoisotopic (exact) mass is 527 g/mol. The van der Waals surface area contributed by atoms with Crippen molar-refractivity contribution >= 4 is 51.0 Å². The van der Waals surface area contributed by atoms with Crippen LogP contribution in [0.2, 0.25) is 5.02 Å². The first-order chi connectivity index (χ1) is 16.7. The van der Waals surface area contributed by atoms with Crippen LogP contribution in [0.3, 0.4) is 0 Å². The molecular formula is C22H26ClN3O8S. The number of nitrogens with one attached hydrogen (secondary N) is 1. The molecule has 2 atom stereocenters. The number of carbonyl (C=O) groups excluding carboxylic acids is 4. The molecule has 0 spiro atoms. The summed E-state index contributed by atoms with van der Waals surface area (Å²) in [5, 5.41) is 2.53. The molecule has 0 unspecified atom stereocenters. The second-order valence-corrected chi connectivity index (χ2v) is 11.0. The Kier molecular flexibility index (Phi) is 7.74. The number of benzene rings is 1. The standard InChI is InChI=1S/C22H26ClN3O8S/c23-17-6-5-14(35(31,32)25-7-9-33-10-8-25)11-18(17)24-19(27)13-34-20(28)12-26-21(29)15-3-1-2-4-16(15)22(26)30/h5-6,11,15-16H,1-4,7-10,12-13H2,(H,24,27)/t15-,16-/m0/s1. The Balaban J connectivity index is 1.33. The minimum Gasteiger partial charge on any atom is -0.454 e. The molecule has 35 heavy (non-hydrogen) atoms. The van der Waals surface area contributed by atoms with Crippen LogP contribution < -0.4 is 5.32 Å². The number of rotatable bonds is 7. The van der Waals surface area contributed by atoms with Crippen molar-refractivity contribution in [3.8, 4) is 0 Å². The average Bonchev–Trinajstić information content (AvgIpc) is 3.09. The number of carbonyl (C=O) groups is 4. The summed E-state index contributed by atoms with van der Waals surface area (Å²) in [6.45, 7) is -0.238. The summed E-state index contributed by atoms with van der Waals surface area (Å²) >= 11 is 6.11. The number of nitrogens with zero attached hydrogens (tertiary/aromatic N) is 2. The Labute approximate surface area is 207 Å². The second kappa shape index (κ2) is 10.6. The lowest BCUT2D eigenvalue weighted by Gasteiger charge is -2.26. The minimum absolute atomic E-state index is 0.0380. The summed E-state index contributed by atoms with van der Waals surface area (Å²) in [7, 11) is -3.81. The molecule has 1 N–H and O–H groups in total. The fraction of sp³-hybridized carbons (Fsp3) is 0.545. The van der Waals surface area contributed by atoms with Gasteiger partial charge in [0.1, 0.15) is 6.54 Å². The van der Waals surface area contributed by atoms with E-state index in [2.05, 4.69) is 5.32 Å². The summed E-state index contributed by atoms with van der Waals surface area (Å²) in [6.07, 6.45) is 3.00. The van der Waals surface area contributed by atoms with Gasteiger partial charge in [0, 0.05) is 13.1 Å². The van der Waals surface area contributed by atoms with E-state index < -0.39 is 35.1 Å². The molecule has 1 aromatic carbocycles. The maximum absolute atomic E-state index is 12.8. The van der Waals surface area contributed by atoms with Crippen LogP contribution in [0.25, 0.3) is 0 Å². The molecule has 1 saturated carbocycles. The van der Waals surface area contributed by atoms with Gasteiger partial charge in [-0.1, -0.05) is 24.4 Å². The summed E-state index contributed by atoms with van der Waals surface area (Å²) in [6, 6.07) is 3.92. The highest BCUT2D eigenvalue weighted by Crippen LogP contribution is 2.37. The summed E-state index contributed by atoms with van der Waals surface area (Å²) < 4.78 is 37.1. The number of imide groups is 1. The summed E-state index contributed by atoms with van der Waals surface area (Å²) in [5.74, 6) is -3.15. The number of likely N-dealkylation sites (tertiary alicyclic amines) is 1. The number of ether oxygens (including phenoxy) is 2. The first-order valence-corrected chi connectivity index (χ1v) is 13.2. The Morgan fingerprint density at radius 3 is 2.34 bits per heavy atom. The molecule has 0 bridgehead atoms. The highest BCUT2D eigenvalue weighted by atomic mass is 35.5. The van der Waals surface area contributed by atoms with Gasteiger partial charge in [-0.05, 0) is 31.0 Å². The molecule has 0 aromatic heterocycles. The van der Waals surface area contributed by atoms with Gasteiger partial charge in [-0.25, -0.2) is 8.42 Å². The van der Waals surface area contributed by atoms with Gasteiger partial charge in [-0.15, -0.1) is 0 Å². The number of morpholine rings is 1. The quantitative estimate of drug-likeness (QED) is 0.409. The highest BCUT2D eigenvalue weighted by Gasteiger charge is 2.48. The molecule has 190 valence electrons. The van der Waals surface area contributed by atoms with Crippen LogP contribution in [-0.4, -0.2) is 80.8 Å². The molecule has 3 fully saturated rings. The highest BCUT2D eigenvalue weighted by molar-refractivity contribution is 7.89. The normalized spacial score (nSPS) is 23.2. The van der Waals surface area contributed by atoms with Crippen LogP contribution in [0.1, 0.15) is 25.7 Å². The van der Waals surface area contributed by atoms with Crippen molar-refractivity contribution in [3.63, 3.8) is 0 Å². The maximum atomic E-state index is 12.8. The van der Waals surface area contributed by atoms with Crippen LogP contribution in [0.15, 0.2) is 23.1 Å². The second-order valence-electron chi connectivity index (χ2n) is 8.63. The van der Waals surface area contributed by atoms with Gasteiger partial charge >= 0.3 is 5.97 Å². The SMILES string of the molecule is O=C(COC(=O)CN1C(=O)[C@H]2CCCC[C@@H]2C1=O)Nc1cc(S(=O)(=O)N2CCOCC2)ccc1Cl. The van der Waals surface area contributed by atoms with Crippen LogP contribution in [-0.2, 0) is 38.7 Å². The van der Waals surface area contributed by atoms with Crippen LogP contribution in [0.5, 0.6) is 0 Å². The first kappa shape index (κ1) is 25.5. The molecule has 2 aliphatic heterocycles. The van der Waals surface area contributed by atoms with Crippen LogP contribution in [0.4, 0.5) is 5.69 Å². The molecule has 4 rings (SSSR count). The number of hydrogen-bond donors (Lipinski definition) is 1. The van der Waals surface area contributed by atoms with E-state index in [1.807, 2.05) is 0 Å². The van der Waals surface area contributed by atoms with Crippen molar-refractivity contribution in [2.75, 3.05) is 44.8 Å². The van der Waals surface area contributed by atoms with Crippen molar-refractivity contribution in [2.45, 2.75) is 30.6 Å². The molecule has 0 radical (unpaired) electrons. The van der Waals surface area contributed by atoms with E-state index in [4.69, 9.17) is 21.1 Å². The number of amides is 3. The number of anilines is 1. The van der Waals surface area contributed by atoms with Gasteiger partial charge in [0.2, 0.25) is 21.8 Å². The first-order valence-electron chi connectivity index (χ1n) is 11.4. The largest absolute Gasteiger partial charge is 0.454 e. The van der Waals surface area contributed by atoms with Gasteiger partial charge in [0.05, 0.1) is 40.7 Å². The fourth-order valence-electron chi connectivity index (χ4n) is 4.59. The molecule has 2 heterocycles. The van der Waals surface area contributed by atoms with E-state index in [-0.39, 0.29) is 65.6 Å². The third-order valence-corrected chi connectivity index (χ3v) is 8.63. The number of esters is 1. The van der Waals surface area contributed by atoms with Gasteiger partial charge in [0.15, 0.2) is 6.61 Å². The van der Waals surface area contributed by atoms with Crippen LogP contribution >= 0.6 is 11.6 Å². The minimum atomic E-state index is -3.81. The molecular weight excluding hydrogens is 502 g/mol. The number of halogens is 1. The number of fused-ring (bicyclic) bond motifs is 1. The molecule has 1 aromatic rings. The van der Waals surface area contributed by atoms with Gasteiger partial charge < -0.3 is 14.8 Å². The molecule has 3 aliphatic rings. The lowest BCUT2D eigenvalue weighted by Crippen LogP contribution is -2.40. The third kappa shape index (κ3) is 5.50. The van der Waals surface area contributed by atoms with E-state index in [0.29, 0.717) is 12.8 Å². The topological polar surface area (TPSA) is 139 Å². The summed E-state index contributed by atoms with van der Waals surface area (Å²) in [4.78, 5) is 50.4. The predicted octanol–water partition coefficient (Wildman–Crippen LogP) is 1.02. The lowest BCUT2D eigenvalue weighted by molar-refractivity contribution is -0.154. The fourth-order valence-corrected chi connectivity index (χ4v) is 6.19. The average molecular weight is 528 g/mol. The van der Waals surface area contributed by atoms with Crippen molar-refractivity contribution < 1.29 is 37.1 Å². The van der Waals surface area contributed by atoms with E-state index >= 15 is 0 Å². The number of hydrogen-bond acceptors (Lipinski definition) is 8. The van der Waals surface area contributed by atoms with Gasteiger partial charge in [-0.3, -0.25) is 24.1 Å². The molecule has 2 saturated heterocycles. The van der Waals surface area contributed by atoms with Crippen LogP contribution in [0, 0.1) is 11.8 Å². The zero-order valence-electron chi connectivity index (χ0n) is 18.9. The summed E-state index contributed by atoms with van der Waals surface area (Å²) in [5.41, 5.74) is 0.0380. The van der Waals surface area contributed by atoms with Crippen molar-refractivity contribution in [2.24, 2.45) is 11.8 Å². The van der Waals surface area contributed by atoms with E-state index in [0.717, 1.165) is 17.7 Å². The van der Waals surface area contributed by atoms with E-state index in [1.165, 1.54) is 22.5 Å². The predicted molar refractivity (Wildman–Crippen MR) is 123 cm³/mol. The van der Waals surface area contributed by atoms with Crippen molar-refractivity contribution in [1.29, 1.82) is 0 Å². The van der Waals surface area contributed by atoms with Crippen molar-refractivity contribution in [1.82, 2.24) is 9.21 Å².